The molecule has 0 saturated carbocycles. The number of ether oxygens (including phenoxy) is 4. The molecule has 0 aromatic rings. The van der Waals surface area contributed by atoms with Crippen LogP contribution in [0.1, 0.15) is 0 Å². The van der Waals surface area contributed by atoms with Crippen molar-refractivity contribution in [3.05, 3.63) is 0 Å². The summed E-state index contributed by atoms with van der Waals surface area (Å²) in [6, 6.07) is 0. The van der Waals surface area contributed by atoms with Crippen LogP contribution < -0.4 is 0 Å². The summed E-state index contributed by atoms with van der Waals surface area (Å²) in [5.74, 6) is 0. The van der Waals surface area contributed by atoms with Crippen molar-refractivity contribution >= 4 is 0 Å². The summed E-state index contributed by atoms with van der Waals surface area (Å²) in [4.78, 5) is 0. The molecule has 0 bridgehead atoms. The molecule has 2 heterocycles. The van der Waals surface area contributed by atoms with Crippen LogP contribution in [0.2, 0.25) is 0 Å². The van der Waals surface area contributed by atoms with Crippen molar-refractivity contribution < 1.29 is 64.9 Å². The molecule has 2 rings (SSSR count). The molecule has 13 heteroatoms. The van der Waals surface area contributed by atoms with Gasteiger partial charge in [0.05, 0.1) is 26.4 Å². The van der Waals surface area contributed by atoms with Gasteiger partial charge in [-0.15, -0.1) is 0 Å². The molecule has 2 aliphatic heterocycles. The standard InChI is InChI=1S/C15H28O13/c16-1-5(18)3-25-14-11(24)9(22)13(28-14)7(20)4-26-15-10(23)8(21)12(27-15)6(19)2-17/h5-24H,1-4H2/t5?,6-,7-,8-,9-,10-,11-,12+,13+,14-,15-/m1/s1. The molecule has 0 aromatic carbocycles. The van der Waals surface area contributed by atoms with Crippen LogP contribution in [0.3, 0.4) is 0 Å². The van der Waals surface area contributed by atoms with Crippen LogP contribution in [-0.4, -0.2) is 140 Å². The summed E-state index contributed by atoms with van der Waals surface area (Å²) in [6.07, 6.45) is -15.8. The van der Waals surface area contributed by atoms with E-state index in [9.17, 15) is 35.7 Å². The molecule has 13 nitrogen and oxygen atoms in total. The van der Waals surface area contributed by atoms with Crippen LogP contribution in [0.25, 0.3) is 0 Å². The molecule has 1 unspecified atom stereocenters. The molecule has 166 valence electrons. The van der Waals surface area contributed by atoms with Gasteiger partial charge in [-0.05, 0) is 0 Å². The van der Waals surface area contributed by atoms with E-state index in [0.29, 0.717) is 0 Å². The number of hydrogen-bond donors (Lipinski definition) is 9. The Balaban J connectivity index is 1.85. The first-order chi connectivity index (χ1) is 13.2. The van der Waals surface area contributed by atoms with E-state index in [2.05, 4.69) is 0 Å². The van der Waals surface area contributed by atoms with Crippen molar-refractivity contribution in [2.45, 2.75) is 67.5 Å². The van der Waals surface area contributed by atoms with Crippen molar-refractivity contribution in [1.82, 2.24) is 0 Å². The molecule has 0 radical (unpaired) electrons. The van der Waals surface area contributed by atoms with Crippen LogP contribution in [-0.2, 0) is 18.9 Å². The second kappa shape index (κ2) is 10.5. The third kappa shape index (κ3) is 5.34. The zero-order valence-electron chi connectivity index (χ0n) is 14.8. The molecular formula is C15H28O13. The number of aliphatic hydroxyl groups excluding tert-OH is 9. The van der Waals surface area contributed by atoms with Gasteiger partial charge in [0.1, 0.15) is 54.9 Å². The Morgan fingerprint density at radius 2 is 1.11 bits per heavy atom. The van der Waals surface area contributed by atoms with Crippen molar-refractivity contribution in [3.63, 3.8) is 0 Å². The maximum absolute atomic E-state index is 10.2. The van der Waals surface area contributed by atoms with E-state index < -0.39 is 87.3 Å². The van der Waals surface area contributed by atoms with Gasteiger partial charge in [-0.2, -0.15) is 0 Å². The van der Waals surface area contributed by atoms with Crippen LogP contribution in [0.4, 0.5) is 0 Å². The minimum atomic E-state index is -1.56. The topological polar surface area (TPSA) is 219 Å². The first-order valence-electron chi connectivity index (χ1n) is 8.73. The fourth-order valence-electron chi connectivity index (χ4n) is 2.91. The maximum Gasteiger partial charge on any atom is 0.186 e. The SMILES string of the molecule is OCC(O)CO[C@@H]1O[C@@H]([C@H](O)CO[C@@H]2O[C@@H]([C@H](O)CO)[C@H](O)[C@H]2O)[C@H](O)[C@H]1O. The fourth-order valence-corrected chi connectivity index (χ4v) is 2.91. The predicted molar refractivity (Wildman–Crippen MR) is 85.4 cm³/mol. The van der Waals surface area contributed by atoms with Crippen LogP contribution in [0, 0.1) is 0 Å². The molecular weight excluding hydrogens is 388 g/mol. The van der Waals surface area contributed by atoms with Crippen LogP contribution >= 0.6 is 0 Å². The Labute approximate surface area is 159 Å². The van der Waals surface area contributed by atoms with E-state index in [1.165, 1.54) is 0 Å². The van der Waals surface area contributed by atoms with E-state index in [4.69, 9.17) is 29.2 Å². The molecule has 28 heavy (non-hydrogen) atoms. The highest BCUT2D eigenvalue weighted by atomic mass is 16.7. The summed E-state index contributed by atoms with van der Waals surface area (Å²) in [5.41, 5.74) is 0. The van der Waals surface area contributed by atoms with Crippen molar-refractivity contribution in [2.75, 3.05) is 26.4 Å². The van der Waals surface area contributed by atoms with Crippen LogP contribution in [0.5, 0.6) is 0 Å². The first kappa shape index (κ1) is 23.8. The van der Waals surface area contributed by atoms with E-state index in [0.717, 1.165) is 0 Å². The number of aliphatic hydroxyl groups is 9. The highest BCUT2D eigenvalue weighted by Crippen LogP contribution is 2.27. The lowest BCUT2D eigenvalue weighted by atomic mass is 10.1. The summed E-state index contributed by atoms with van der Waals surface area (Å²) < 4.78 is 20.5. The highest BCUT2D eigenvalue weighted by Gasteiger charge is 2.49. The zero-order valence-corrected chi connectivity index (χ0v) is 14.8. The lowest BCUT2D eigenvalue weighted by molar-refractivity contribution is -0.215. The molecule has 9 N–H and O–H groups in total. The monoisotopic (exact) mass is 416 g/mol. The van der Waals surface area contributed by atoms with E-state index >= 15 is 0 Å². The molecule has 0 spiro atoms. The lowest BCUT2D eigenvalue weighted by Crippen LogP contribution is -2.43. The molecule has 0 aromatic heterocycles. The van der Waals surface area contributed by atoms with Gasteiger partial charge >= 0.3 is 0 Å². The quantitative estimate of drug-likeness (QED) is 0.162. The fraction of sp³-hybridized carbons (Fsp3) is 1.00. The Morgan fingerprint density at radius 1 is 0.643 bits per heavy atom. The average Bonchev–Trinajstić information content (AvgIpc) is 3.14. The lowest BCUT2D eigenvalue weighted by Gasteiger charge is -2.23. The largest absolute Gasteiger partial charge is 0.394 e. The van der Waals surface area contributed by atoms with Gasteiger partial charge in [-0.25, -0.2) is 0 Å². The summed E-state index contributed by atoms with van der Waals surface area (Å²) in [7, 11) is 0. The minimum Gasteiger partial charge on any atom is -0.394 e. The smallest absolute Gasteiger partial charge is 0.186 e. The Kier molecular flexibility index (Phi) is 8.90. The Bertz CT molecular complexity index is 467. The first-order valence-corrected chi connectivity index (χ1v) is 8.73. The maximum atomic E-state index is 10.2. The molecule has 0 aliphatic carbocycles. The molecule has 2 aliphatic rings. The molecule has 11 atom stereocenters. The summed E-state index contributed by atoms with van der Waals surface area (Å²) in [5, 5.41) is 86.1. The second-order valence-electron chi connectivity index (χ2n) is 6.72. The Morgan fingerprint density at radius 3 is 1.57 bits per heavy atom. The normalized spacial score (nSPS) is 41.9. The van der Waals surface area contributed by atoms with Crippen molar-refractivity contribution in [2.24, 2.45) is 0 Å². The predicted octanol–water partition coefficient (Wildman–Crippen LogP) is -6.02. The van der Waals surface area contributed by atoms with Crippen LogP contribution in [0.15, 0.2) is 0 Å². The molecule has 2 saturated heterocycles. The van der Waals surface area contributed by atoms with Gasteiger partial charge in [0, 0.05) is 0 Å². The average molecular weight is 416 g/mol. The van der Waals surface area contributed by atoms with Gasteiger partial charge in [0.2, 0.25) is 0 Å². The third-order valence-corrected chi connectivity index (χ3v) is 4.55. The second-order valence-corrected chi connectivity index (χ2v) is 6.72. The van der Waals surface area contributed by atoms with Gasteiger partial charge in [-0.1, -0.05) is 0 Å². The zero-order chi connectivity index (χ0) is 21.0. The summed E-state index contributed by atoms with van der Waals surface area (Å²) >= 11 is 0. The van der Waals surface area contributed by atoms with Gasteiger partial charge in [0.25, 0.3) is 0 Å². The van der Waals surface area contributed by atoms with Crippen molar-refractivity contribution in [3.8, 4) is 0 Å². The van der Waals surface area contributed by atoms with Gasteiger partial charge in [0.15, 0.2) is 12.6 Å². The van der Waals surface area contributed by atoms with E-state index in [1.807, 2.05) is 0 Å². The van der Waals surface area contributed by atoms with E-state index in [1.54, 1.807) is 0 Å². The summed E-state index contributed by atoms with van der Waals surface area (Å²) in [6.45, 7) is -2.21. The Hall–Kier alpha value is -0.520. The van der Waals surface area contributed by atoms with Gasteiger partial charge in [-0.3, -0.25) is 0 Å². The van der Waals surface area contributed by atoms with Gasteiger partial charge < -0.3 is 64.9 Å². The minimum absolute atomic E-state index is 0.376. The number of hydrogen-bond acceptors (Lipinski definition) is 13. The third-order valence-electron chi connectivity index (χ3n) is 4.55. The van der Waals surface area contributed by atoms with E-state index in [-0.39, 0.29) is 6.61 Å². The molecule has 2 fully saturated rings. The van der Waals surface area contributed by atoms with Crippen molar-refractivity contribution in [1.29, 1.82) is 0 Å². The number of rotatable bonds is 10. The molecule has 0 amide bonds. The highest BCUT2D eigenvalue weighted by molar-refractivity contribution is 4.93.